The van der Waals surface area contributed by atoms with E-state index < -0.39 is 0 Å². The number of benzene rings is 1. The van der Waals surface area contributed by atoms with Crippen molar-refractivity contribution in [1.82, 2.24) is 10.3 Å². The first kappa shape index (κ1) is 12.3. The van der Waals surface area contributed by atoms with E-state index in [9.17, 15) is 9.59 Å². The number of nitrogens with one attached hydrogen (secondary N) is 2. The summed E-state index contributed by atoms with van der Waals surface area (Å²) in [4.78, 5) is 27.1. The van der Waals surface area contributed by atoms with Crippen molar-refractivity contribution in [2.24, 2.45) is 0 Å². The lowest BCUT2D eigenvalue weighted by molar-refractivity contribution is -0.115. The monoisotopic (exact) mass is 267 g/mol. The number of aromatic nitrogens is 1. The van der Waals surface area contributed by atoms with E-state index in [0.29, 0.717) is 18.7 Å². The molecule has 2 amide bonds. The Hall–Kier alpha value is -2.69. The molecule has 0 bridgehead atoms. The molecule has 3 rings (SSSR count). The minimum absolute atomic E-state index is 0.00895. The molecule has 1 aliphatic rings. The van der Waals surface area contributed by atoms with Gasteiger partial charge in [-0.25, -0.2) is 0 Å². The fraction of sp³-hybridized carbons (Fsp3) is 0.133. The fourth-order valence-electron chi connectivity index (χ4n) is 2.16. The molecule has 1 aliphatic heterocycles. The summed E-state index contributed by atoms with van der Waals surface area (Å²) >= 11 is 0. The summed E-state index contributed by atoms with van der Waals surface area (Å²) in [7, 11) is 0. The number of hydrogen-bond donors (Lipinski definition) is 2. The Morgan fingerprint density at radius 2 is 2.20 bits per heavy atom. The molecule has 0 atom stereocenters. The summed E-state index contributed by atoms with van der Waals surface area (Å²) in [6, 6.07) is 10.9. The topological polar surface area (TPSA) is 71.1 Å². The minimum Gasteiger partial charge on any atom is -0.347 e. The first-order valence-corrected chi connectivity index (χ1v) is 6.33. The Labute approximate surface area is 116 Å². The lowest BCUT2D eigenvalue weighted by atomic mass is 10.1. The predicted molar refractivity (Wildman–Crippen MR) is 74.2 cm³/mol. The molecule has 5 nitrogen and oxygen atoms in total. The Morgan fingerprint density at radius 3 is 3.00 bits per heavy atom. The molecule has 100 valence electrons. The van der Waals surface area contributed by atoms with Gasteiger partial charge in [-0.2, -0.15) is 0 Å². The molecule has 0 radical (unpaired) electrons. The zero-order valence-electron chi connectivity index (χ0n) is 10.7. The summed E-state index contributed by atoms with van der Waals surface area (Å²) in [6.07, 6.45) is 1.99. The third-order valence-corrected chi connectivity index (χ3v) is 3.15. The molecule has 20 heavy (non-hydrogen) atoms. The van der Waals surface area contributed by atoms with Crippen LogP contribution in [0.2, 0.25) is 0 Å². The highest BCUT2D eigenvalue weighted by Gasteiger charge is 2.17. The van der Waals surface area contributed by atoms with Gasteiger partial charge in [0.25, 0.3) is 5.91 Å². The number of carbonyl (C=O) groups is 2. The maximum absolute atomic E-state index is 11.9. The number of amides is 2. The van der Waals surface area contributed by atoms with Crippen LogP contribution in [-0.4, -0.2) is 16.8 Å². The molecule has 0 fully saturated rings. The number of pyridine rings is 1. The van der Waals surface area contributed by atoms with Crippen LogP contribution in [0.4, 0.5) is 5.69 Å². The molecular formula is C15H13N3O2. The van der Waals surface area contributed by atoms with Crippen LogP contribution in [0.5, 0.6) is 0 Å². The highest BCUT2D eigenvalue weighted by molar-refractivity contribution is 5.99. The number of anilines is 1. The van der Waals surface area contributed by atoms with Gasteiger partial charge < -0.3 is 10.6 Å². The van der Waals surface area contributed by atoms with Crippen molar-refractivity contribution >= 4 is 17.5 Å². The first-order valence-electron chi connectivity index (χ1n) is 6.33. The SMILES string of the molecule is O=C1Cc2cc(CNC(=O)c3ccccn3)ccc2N1. The molecule has 0 saturated heterocycles. The van der Waals surface area contributed by atoms with Crippen LogP contribution in [0, 0.1) is 0 Å². The maximum atomic E-state index is 11.9. The summed E-state index contributed by atoms with van der Waals surface area (Å²) < 4.78 is 0. The molecule has 1 aromatic carbocycles. The van der Waals surface area contributed by atoms with E-state index in [-0.39, 0.29) is 11.8 Å². The van der Waals surface area contributed by atoms with Crippen LogP contribution in [0.25, 0.3) is 0 Å². The van der Waals surface area contributed by atoms with Crippen molar-refractivity contribution in [2.75, 3.05) is 5.32 Å². The largest absolute Gasteiger partial charge is 0.347 e. The fourth-order valence-corrected chi connectivity index (χ4v) is 2.16. The third-order valence-electron chi connectivity index (χ3n) is 3.15. The second-order valence-corrected chi connectivity index (χ2v) is 4.61. The Kier molecular flexibility index (Phi) is 3.16. The third kappa shape index (κ3) is 2.51. The smallest absolute Gasteiger partial charge is 0.270 e. The van der Waals surface area contributed by atoms with Gasteiger partial charge in [0.05, 0.1) is 6.42 Å². The van der Waals surface area contributed by atoms with Crippen LogP contribution in [0.3, 0.4) is 0 Å². The molecule has 1 aromatic heterocycles. The quantitative estimate of drug-likeness (QED) is 0.885. The molecule has 5 heteroatoms. The van der Waals surface area contributed by atoms with E-state index in [1.54, 1.807) is 24.4 Å². The van der Waals surface area contributed by atoms with Gasteiger partial charge in [0.1, 0.15) is 5.69 Å². The molecule has 2 N–H and O–H groups in total. The molecule has 0 unspecified atom stereocenters. The summed E-state index contributed by atoms with van der Waals surface area (Å²) in [5.74, 6) is -0.199. The van der Waals surface area contributed by atoms with Gasteiger partial charge in [-0.05, 0) is 29.3 Å². The number of fused-ring (bicyclic) bond motifs is 1. The van der Waals surface area contributed by atoms with E-state index in [0.717, 1.165) is 16.8 Å². The molecule has 2 heterocycles. The van der Waals surface area contributed by atoms with Crippen LogP contribution in [-0.2, 0) is 17.8 Å². The average molecular weight is 267 g/mol. The molecule has 0 aliphatic carbocycles. The Balaban J connectivity index is 1.66. The van der Waals surface area contributed by atoms with Crippen molar-refractivity contribution in [1.29, 1.82) is 0 Å². The molecule has 0 spiro atoms. The average Bonchev–Trinajstić information content (AvgIpc) is 2.85. The van der Waals surface area contributed by atoms with Crippen LogP contribution >= 0.6 is 0 Å². The number of nitrogens with zero attached hydrogens (tertiary/aromatic N) is 1. The molecule has 0 saturated carbocycles. The first-order chi connectivity index (χ1) is 9.72. The van der Waals surface area contributed by atoms with Crippen molar-refractivity contribution in [3.05, 3.63) is 59.4 Å². The molecular weight excluding hydrogens is 254 g/mol. The number of rotatable bonds is 3. The summed E-state index contributed by atoms with van der Waals surface area (Å²) in [5, 5.41) is 5.59. The second-order valence-electron chi connectivity index (χ2n) is 4.61. The van der Waals surface area contributed by atoms with Crippen molar-refractivity contribution in [3.63, 3.8) is 0 Å². The Bertz CT molecular complexity index is 668. The van der Waals surface area contributed by atoms with Crippen LogP contribution in [0.1, 0.15) is 21.6 Å². The number of hydrogen-bond acceptors (Lipinski definition) is 3. The van der Waals surface area contributed by atoms with Gasteiger partial charge >= 0.3 is 0 Å². The lowest BCUT2D eigenvalue weighted by Crippen LogP contribution is -2.23. The van der Waals surface area contributed by atoms with Gasteiger partial charge in [-0.3, -0.25) is 14.6 Å². The normalized spacial score (nSPS) is 12.7. The van der Waals surface area contributed by atoms with Gasteiger partial charge in [-0.15, -0.1) is 0 Å². The summed E-state index contributed by atoms with van der Waals surface area (Å²) in [5.41, 5.74) is 3.18. The van der Waals surface area contributed by atoms with Crippen LogP contribution < -0.4 is 10.6 Å². The van der Waals surface area contributed by atoms with Gasteiger partial charge in [-0.1, -0.05) is 18.2 Å². The Morgan fingerprint density at radius 1 is 1.30 bits per heavy atom. The van der Waals surface area contributed by atoms with E-state index in [2.05, 4.69) is 15.6 Å². The minimum atomic E-state index is -0.208. The van der Waals surface area contributed by atoms with E-state index in [1.165, 1.54) is 0 Å². The van der Waals surface area contributed by atoms with Crippen molar-refractivity contribution < 1.29 is 9.59 Å². The lowest BCUT2D eigenvalue weighted by Gasteiger charge is -2.06. The highest BCUT2D eigenvalue weighted by Crippen LogP contribution is 2.23. The zero-order valence-corrected chi connectivity index (χ0v) is 10.7. The van der Waals surface area contributed by atoms with Crippen LogP contribution in [0.15, 0.2) is 42.6 Å². The maximum Gasteiger partial charge on any atom is 0.270 e. The van der Waals surface area contributed by atoms with E-state index in [4.69, 9.17) is 0 Å². The van der Waals surface area contributed by atoms with Gasteiger partial charge in [0, 0.05) is 18.4 Å². The van der Waals surface area contributed by atoms with E-state index in [1.807, 2.05) is 18.2 Å². The van der Waals surface area contributed by atoms with Crippen molar-refractivity contribution in [3.8, 4) is 0 Å². The predicted octanol–water partition coefficient (Wildman–Crippen LogP) is 1.51. The van der Waals surface area contributed by atoms with Gasteiger partial charge in [0.2, 0.25) is 5.91 Å². The number of carbonyl (C=O) groups excluding carboxylic acids is 2. The van der Waals surface area contributed by atoms with Gasteiger partial charge in [0.15, 0.2) is 0 Å². The summed E-state index contributed by atoms with van der Waals surface area (Å²) in [6.45, 7) is 0.414. The standard InChI is InChI=1S/C15H13N3O2/c19-14-8-11-7-10(4-5-12(11)18-14)9-17-15(20)13-3-1-2-6-16-13/h1-7H,8-9H2,(H,17,20)(H,18,19). The zero-order chi connectivity index (χ0) is 13.9. The second kappa shape index (κ2) is 5.13. The van der Waals surface area contributed by atoms with E-state index >= 15 is 0 Å². The van der Waals surface area contributed by atoms with Crippen molar-refractivity contribution in [2.45, 2.75) is 13.0 Å². The molecule has 2 aromatic rings. The highest BCUT2D eigenvalue weighted by atomic mass is 16.2.